The monoisotopic (exact) mass is 363 g/mol. The van der Waals surface area contributed by atoms with Crippen LogP contribution in [0.25, 0.3) is 11.0 Å². The third kappa shape index (κ3) is 2.79. The molecule has 1 spiro atoms. The lowest BCUT2D eigenvalue weighted by Gasteiger charge is -2.42. The van der Waals surface area contributed by atoms with E-state index in [2.05, 4.69) is 0 Å². The molecule has 2 atom stereocenters. The highest BCUT2D eigenvalue weighted by molar-refractivity contribution is 6.31. The van der Waals surface area contributed by atoms with Gasteiger partial charge >= 0.3 is 0 Å². The Morgan fingerprint density at radius 3 is 2.88 bits per heavy atom. The molecule has 1 aliphatic carbocycles. The molecule has 134 valence electrons. The summed E-state index contributed by atoms with van der Waals surface area (Å²) >= 11 is 6.09. The van der Waals surface area contributed by atoms with Gasteiger partial charge in [0.05, 0.1) is 13.2 Å². The van der Waals surface area contributed by atoms with Gasteiger partial charge in [0.15, 0.2) is 17.1 Å². The minimum atomic E-state index is -0.308. The van der Waals surface area contributed by atoms with Crippen LogP contribution in [0.5, 0.6) is 5.75 Å². The number of amides is 1. The largest absolute Gasteiger partial charge is 0.493 e. The van der Waals surface area contributed by atoms with Crippen molar-refractivity contribution in [2.75, 3.05) is 20.2 Å². The first-order valence-electron chi connectivity index (χ1n) is 8.77. The number of benzene rings is 1. The molecule has 5 nitrogen and oxygen atoms in total. The van der Waals surface area contributed by atoms with Crippen LogP contribution in [-0.4, -0.2) is 42.2 Å². The molecular weight excluding hydrogens is 342 g/mol. The minimum absolute atomic E-state index is 0.132. The number of aliphatic hydroxyl groups is 1. The number of carbonyl (C=O) groups is 1. The van der Waals surface area contributed by atoms with Gasteiger partial charge in [0.1, 0.15) is 0 Å². The van der Waals surface area contributed by atoms with Crippen molar-refractivity contribution in [2.24, 2.45) is 5.41 Å². The summed E-state index contributed by atoms with van der Waals surface area (Å²) < 4.78 is 11.1. The molecule has 2 fully saturated rings. The lowest BCUT2D eigenvalue weighted by molar-refractivity contribution is -0.00627. The Morgan fingerprint density at radius 1 is 1.36 bits per heavy atom. The smallest absolute Gasteiger partial charge is 0.289 e. The molecule has 1 N–H and O–H groups in total. The maximum Gasteiger partial charge on any atom is 0.289 e. The van der Waals surface area contributed by atoms with E-state index in [1.165, 1.54) is 0 Å². The lowest BCUT2D eigenvalue weighted by Crippen LogP contribution is -2.49. The second-order valence-electron chi connectivity index (χ2n) is 7.24. The molecule has 4 rings (SSSR count). The molecule has 1 saturated heterocycles. The lowest BCUT2D eigenvalue weighted by atomic mass is 9.76. The van der Waals surface area contributed by atoms with Crippen molar-refractivity contribution in [1.29, 1.82) is 0 Å². The molecular formula is C19H22ClNO4. The quantitative estimate of drug-likeness (QED) is 0.880. The van der Waals surface area contributed by atoms with E-state index in [0.717, 1.165) is 37.5 Å². The van der Waals surface area contributed by atoms with Gasteiger partial charge in [-0.15, -0.1) is 0 Å². The van der Waals surface area contributed by atoms with Crippen molar-refractivity contribution in [2.45, 2.75) is 38.2 Å². The first-order chi connectivity index (χ1) is 12.0. The second-order valence-corrected chi connectivity index (χ2v) is 7.67. The first-order valence-corrected chi connectivity index (χ1v) is 9.15. The summed E-state index contributed by atoms with van der Waals surface area (Å²) in [6.45, 7) is 1.30. The van der Waals surface area contributed by atoms with E-state index >= 15 is 0 Å². The summed E-state index contributed by atoms with van der Waals surface area (Å²) in [4.78, 5) is 14.8. The topological polar surface area (TPSA) is 62.9 Å². The van der Waals surface area contributed by atoms with Crippen LogP contribution >= 0.6 is 11.6 Å². The Kier molecular flexibility index (Phi) is 4.16. The molecule has 1 amide bonds. The molecule has 1 aliphatic heterocycles. The molecule has 0 bridgehead atoms. The van der Waals surface area contributed by atoms with Gasteiger partial charge in [-0.3, -0.25) is 4.79 Å². The fourth-order valence-electron chi connectivity index (χ4n) is 4.43. The van der Waals surface area contributed by atoms with E-state index in [1.54, 1.807) is 25.3 Å². The van der Waals surface area contributed by atoms with Crippen molar-refractivity contribution in [3.63, 3.8) is 0 Å². The van der Waals surface area contributed by atoms with Crippen LogP contribution in [0.15, 0.2) is 22.6 Å². The van der Waals surface area contributed by atoms with Gasteiger partial charge in [-0.05, 0) is 37.8 Å². The number of aliphatic hydroxyl groups excluding tert-OH is 1. The van der Waals surface area contributed by atoms with Crippen molar-refractivity contribution in [3.05, 3.63) is 29.0 Å². The number of furan rings is 1. The van der Waals surface area contributed by atoms with Gasteiger partial charge in [-0.1, -0.05) is 18.0 Å². The Bertz CT molecular complexity index is 817. The van der Waals surface area contributed by atoms with E-state index in [9.17, 15) is 9.90 Å². The Hall–Kier alpha value is -1.72. The molecule has 2 aromatic rings. The molecule has 1 saturated carbocycles. The summed E-state index contributed by atoms with van der Waals surface area (Å²) in [6.07, 6.45) is 4.45. The zero-order valence-corrected chi connectivity index (χ0v) is 15.0. The number of methoxy groups -OCH3 is 1. The average molecular weight is 364 g/mol. The number of rotatable bonds is 2. The van der Waals surface area contributed by atoms with Gasteiger partial charge < -0.3 is 19.2 Å². The van der Waals surface area contributed by atoms with Crippen LogP contribution in [0.3, 0.4) is 0 Å². The van der Waals surface area contributed by atoms with E-state index in [-0.39, 0.29) is 17.4 Å². The predicted octanol–water partition coefficient (Wildman–Crippen LogP) is 3.86. The number of hydrogen-bond acceptors (Lipinski definition) is 4. The predicted molar refractivity (Wildman–Crippen MR) is 95.2 cm³/mol. The molecule has 25 heavy (non-hydrogen) atoms. The van der Waals surface area contributed by atoms with Gasteiger partial charge in [0, 0.05) is 35.0 Å². The Morgan fingerprint density at radius 2 is 2.16 bits per heavy atom. The number of halogens is 1. The number of ether oxygens (including phenoxy) is 1. The van der Waals surface area contributed by atoms with Gasteiger partial charge in [-0.25, -0.2) is 0 Å². The third-order valence-corrected chi connectivity index (χ3v) is 5.95. The fourth-order valence-corrected chi connectivity index (χ4v) is 4.65. The molecule has 2 heterocycles. The molecule has 6 heteroatoms. The summed E-state index contributed by atoms with van der Waals surface area (Å²) in [5.41, 5.74) is 0.392. The van der Waals surface area contributed by atoms with E-state index < -0.39 is 0 Å². The van der Waals surface area contributed by atoms with E-state index in [1.807, 2.05) is 4.90 Å². The fraction of sp³-hybridized carbons (Fsp3) is 0.526. The van der Waals surface area contributed by atoms with Crippen LogP contribution in [0.2, 0.25) is 5.02 Å². The van der Waals surface area contributed by atoms with Crippen LogP contribution < -0.4 is 4.74 Å². The highest BCUT2D eigenvalue weighted by Crippen LogP contribution is 2.45. The molecule has 1 aromatic carbocycles. The van der Waals surface area contributed by atoms with Crippen LogP contribution in [0, 0.1) is 5.41 Å². The third-order valence-electron chi connectivity index (χ3n) is 5.73. The van der Waals surface area contributed by atoms with Crippen LogP contribution in [-0.2, 0) is 0 Å². The summed E-state index contributed by atoms with van der Waals surface area (Å²) in [6, 6.07) is 5.16. The highest BCUT2D eigenvalue weighted by atomic mass is 35.5. The highest BCUT2D eigenvalue weighted by Gasteiger charge is 2.46. The maximum absolute atomic E-state index is 13.0. The summed E-state index contributed by atoms with van der Waals surface area (Å²) in [7, 11) is 1.55. The second kappa shape index (κ2) is 6.22. The standard InChI is InChI=1S/C19H22ClNO4/c1-24-14-10-13(20)8-12-9-15(25-17(12)14)18(23)21-7-3-6-19(11-21)5-2-4-16(19)22/h8-10,16,22H,2-7,11H2,1H3/t16-,19-/m1/s1. The van der Waals surface area contributed by atoms with Crippen molar-refractivity contribution < 1.29 is 19.1 Å². The minimum Gasteiger partial charge on any atom is -0.493 e. The molecule has 1 aromatic heterocycles. The molecule has 2 aliphatic rings. The van der Waals surface area contributed by atoms with Crippen molar-refractivity contribution in [1.82, 2.24) is 4.90 Å². The van der Waals surface area contributed by atoms with Crippen LogP contribution in [0.1, 0.15) is 42.7 Å². The zero-order valence-electron chi connectivity index (χ0n) is 14.3. The van der Waals surface area contributed by atoms with Gasteiger partial charge in [0.2, 0.25) is 0 Å². The van der Waals surface area contributed by atoms with Crippen molar-refractivity contribution >= 4 is 28.5 Å². The zero-order chi connectivity index (χ0) is 17.6. The van der Waals surface area contributed by atoms with Gasteiger partial charge in [-0.2, -0.15) is 0 Å². The van der Waals surface area contributed by atoms with E-state index in [0.29, 0.717) is 35.2 Å². The van der Waals surface area contributed by atoms with Crippen molar-refractivity contribution in [3.8, 4) is 5.75 Å². The number of hydrogen-bond donors (Lipinski definition) is 1. The number of carbonyl (C=O) groups excluding carboxylic acids is 1. The van der Waals surface area contributed by atoms with E-state index in [4.69, 9.17) is 20.8 Å². The van der Waals surface area contributed by atoms with Gasteiger partial charge in [0.25, 0.3) is 5.91 Å². The Balaban J connectivity index is 1.63. The normalized spacial score (nSPS) is 26.5. The first kappa shape index (κ1) is 16.7. The maximum atomic E-state index is 13.0. The summed E-state index contributed by atoms with van der Waals surface area (Å²) in [5.74, 6) is 0.676. The number of likely N-dealkylation sites (tertiary alicyclic amines) is 1. The summed E-state index contributed by atoms with van der Waals surface area (Å²) in [5, 5.41) is 11.7. The Labute approximate surface area is 151 Å². The number of fused-ring (bicyclic) bond motifs is 1. The molecule has 0 unspecified atom stereocenters. The van der Waals surface area contributed by atoms with Crippen LogP contribution in [0.4, 0.5) is 0 Å². The SMILES string of the molecule is COc1cc(Cl)cc2cc(C(=O)N3CCC[C@]4(CCC[C@H]4O)C3)oc12. The number of nitrogens with zero attached hydrogens (tertiary/aromatic N) is 1. The average Bonchev–Trinajstić information content (AvgIpc) is 3.18. The molecule has 0 radical (unpaired) electrons. The number of piperidine rings is 1.